The number of hydrogen-bond donors (Lipinski definition) is 1. The van der Waals surface area contributed by atoms with Gasteiger partial charge < -0.3 is 10.2 Å². The topological polar surface area (TPSA) is 15.3 Å². The smallest absolute Gasteiger partial charge is 0.0195 e. The van der Waals surface area contributed by atoms with Gasteiger partial charge in [0.1, 0.15) is 0 Å². The lowest BCUT2D eigenvalue weighted by molar-refractivity contribution is 0.289. The molecule has 0 aromatic carbocycles. The van der Waals surface area contributed by atoms with Crippen LogP contribution in [0.4, 0.5) is 0 Å². The predicted octanol–water partition coefficient (Wildman–Crippen LogP) is 1.86. The molecule has 2 saturated heterocycles. The summed E-state index contributed by atoms with van der Waals surface area (Å²) in [5.41, 5.74) is 0. The van der Waals surface area contributed by atoms with Gasteiger partial charge in [-0.15, -0.1) is 0 Å². The van der Waals surface area contributed by atoms with E-state index < -0.39 is 0 Å². The first-order valence-corrected chi connectivity index (χ1v) is 6.34. The Bertz CT molecular complexity index is 164. The molecule has 82 valence electrons. The zero-order chi connectivity index (χ0) is 9.80. The molecule has 0 aliphatic carbocycles. The molecule has 0 spiro atoms. The summed E-state index contributed by atoms with van der Waals surface area (Å²) >= 11 is 0. The van der Waals surface area contributed by atoms with Crippen molar-refractivity contribution >= 4 is 0 Å². The van der Waals surface area contributed by atoms with Crippen LogP contribution in [0.1, 0.15) is 39.0 Å². The molecule has 2 heterocycles. The van der Waals surface area contributed by atoms with E-state index in [9.17, 15) is 0 Å². The molecule has 1 N–H and O–H groups in total. The van der Waals surface area contributed by atoms with Gasteiger partial charge in [-0.05, 0) is 44.7 Å². The van der Waals surface area contributed by atoms with E-state index in [1.807, 2.05) is 0 Å². The maximum absolute atomic E-state index is 3.59. The van der Waals surface area contributed by atoms with E-state index >= 15 is 0 Å². The van der Waals surface area contributed by atoms with Crippen LogP contribution in [-0.2, 0) is 0 Å². The van der Waals surface area contributed by atoms with Crippen molar-refractivity contribution in [1.29, 1.82) is 0 Å². The van der Waals surface area contributed by atoms with E-state index in [2.05, 4.69) is 17.1 Å². The summed E-state index contributed by atoms with van der Waals surface area (Å²) in [7, 11) is 0. The number of likely N-dealkylation sites (tertiary alicyclic amines) is 1. The first kappa shape index (κ1) is 10.4. The Labute approximate surface area is 88.1 Å². The monoisotopic (exact) mass is 196 g/mol. The van der Waals surface area contributed by atoms with E-state index in [-0.39, 0.29) is 0 Å². The first-order chi connectivity index (χ1) is 6.88. The van der Waals surface area contributed by atoms with Crippen LogP contribution in [0.5, 0.6) is 0 Å². The Kier molecular flexibility index (Phi) is 3.82. The second-order valence-corrected chi connectivity index (χ2v) is 5.00. The van der Waals surface area contributed by atoms with Gasteiger partial charge in [0.05, 0.1) is 0 Å². The van der Waals surface area contributed by atoms with Crippen LogP contribution in [0.3, 0.4) is 0 Å². The first-order valence-electron chi connectivity index (χ1n) is 6.34. The van der Waals surface area contributed by atoms with Crippen LogP contribution in [0.15, 0.2) is 0 Å². The van der Waals surface area contributed by atoms with Crippen LogP contribution in [0.2, 0.25) is 0 Å². The fraction of sp³-hybridized carbons (Fsp3) is 1.00. The minimum absolute atomic E-state index is 0.801. The van der Waals surface area contributed by atoms with Crippen LogP contribution in [0, 0.1) is 5.92 Å². The molecule has 0 aromatic rings. The van der Waals surface area contributed by atoms with Crippen molar-refractivity contribution < 1.29 is 0 Å². The van der Waals surface area contributed by atoms with Crippen molar-refractivity contribution in [1.82, 2.24) is 10.2 Å². The largest absolute Gasteiger partial charge is 0.313 e. The van der Waals surface area contributed by atoms with Crippen molar-refractivity contribution in [2.24, 2.45) is 5.92 Å². The van der Waals surface area contributed by atoms with Gasteiger partial charge in [-0.2, -0.15) is 0 Å². The van der Waals surface area contributed by atoms with Gasteiger partial charge in [0.2, 0.25) is 0 Å². The van der Waals surface area contributed by atoms with Crippen molar-refractivity contribution in [3.05, 3.63) is 0 Å². The molecule has 2 unspecified atom stereocenters. The molecule has 2 rings (SSSR count). The van der Waals surface area contributed by atoms with Crippen LogP contribution in [0.25, 0.3) is 0 Å². The molecular formula is C12H24N2. The molecule has 0 radical (unpaired) electrons. The Hall–Kier alpha value is -0.0800. The molecule has 2 atom stereocenters. The van der Waals surface area contributed by atoms with E-state index in [1.54, 1.807) is 0 Å². The average Bonchev–Trinajstić information content (AvgIpc) is 2.79. The molecule has 2 aliphatic heterocycles. The van der Waals surface area contributed by atoms with Crippen LogP contribution in [-0.4, -0.2) is 37.1 Å². The lowest BCUT2D eigenvalue weighted by atomic mass is 10.0. The molecule has 2 aliphatic rings. The van der Waals surface area contributed by atoms with Crippen LogP contribution >= 0.6 is 0 Å². The summed E-state index contributed by atoms with van der Waals surface area (Å²) < 4.78 is 0. The van der Waals surface area contributed by atoms with Crippen molar-refractivity contribution in [3.63, 3.8) is 0 Å². The normalized spacial score (nSPS) is 34.1. The maximum Gasteiger partial charge on any atom is 0.0195 e. The minimum Gasteiger partial charge on any atom is -0.313 e. The highest BCUT2D eigenvalue weighted by molar-refractivity contribution is 4.82. The van der Waals surface area contributed by atoms with E-state index in [1.165, 1.54) is 58.3 Å². The van der Waals surface area contributed by atoms with Crippen LogP contribution < -0.4 is 5.32 Å². The summed E-state index contributed by atoms with van der Waals surface area (Å²) in [5.74, 6) is 1.00. The number of nitrogens with zero attached hydrogens (tertiary/aromatic N) is 1. The van der Waals surface area contributed by atoms with E-state index in [0.29, 0.717) is 0 Å². The fourth-order valence-electron chi connectivity index (χ4n) is 2.95. The molecule has 0 bridgehead atoms. The lowest BCUT2D eigenvalue weighted by Gasteiger charge is -2.20. The molecule has 2 fully saturated rings. The number of rotatable bonds is 4. The van der Waals surface area contributed by atoms with Crippen molar-refractivity contribution in [2.45, 2.75) is 45.1 Å². The molecule has 2 heteroatoms. The predicted molar refractivity (Wildman–Crippen MR) is 60.5 cm³/mol. The van der Waals surface area contributed by atoms with Gasteiger partial charge >= 0.3 is 0 Å². The van der Waals surface area contributed by atoms with Gasteiger partial charge in [-0.3, -0.25) is 0 Å². The summed E-state index contributed by atoms with van der Waals surface area (Å²) in [5, 5.41) is 3.59. The van der Waals surface area contributed by atoms with Crippen molar-refractivity contribution in [2.75, 3.05) is 26.2 Å². The Morgan fingerprint density at radius 2 is 2.29 bits per heavy atom. The lowest BCUT2D eigenvalue weighted by Crippen LogP contribution is -2.36. The summed E-state index contributed by atoms with van der Waals surface area (Å²) in [4.78, 5) is 2.67. The fourth-order valence-corrected chi connectivity index (χ4v) is 2.95. The zero-order valence-corrected chi connectivity index (χ0v) is 9.47. The summed E-state index contributed by atoms with van der Waals surface area (Å²) in [6, 6.07) is 0.801. The van der Waals surface area contributed by atoms with Gasteiger partial charge in [0, 0.05) is 19.1 Å². The van der Waals surface area contributed by atoms with E-state index in [4.69, 9.17) is 0 Å². The quantitative estimate of drug-likeness (QED) is 0.738. The molecular weight excluding hydrogens is 172 g/mol. The minimum atomic E-state index is 0.801. The Morgan fingerprint density at radius 3 is 3.00 bits per heavy atom. The second kappa shape index (κ2) is 5.13. The van der Waals surface area contributed by atoms with Gasteiger partial charge in [0.15, 0.2) is 0 Å². The third kappa shape index (κ3) is 2.71. The van der Waals surface area contributed by atoms with Crippen molar-refractivity contribution in [3.8, 4) is 0 Å². The number of nitrogens with one attached hydrogen (secondary N) is 1. The summed E-state index contributed by atoms with van der Waals surface area (Å²) in [6.07, 6.45) is 7.03. The SMILES string of the molecule is CCCC1CCN(CC2CCCN2)C1. The summed E-state index contributed by atoms with van der Waals surface area (Å²) in [6.45, 7) is 7.58. The van der Waals surface area contributed by atoms with Gasteiger partial charge in [0.25, 0.3) is 0 Å². The average molecular weight is 196 g/mol. The highest BCUT2D eigenvalue weighted by atomic mass is 15.2. The molecule has 0 amide bonds. The second-order valence-electron chi connectivity index (χ2n) is 5.00. The highest BCUT2D eigenvalue weighted by Crippen LogP contribution is 2.21. The molecule has 2 nitrogen and oxygen atoms in total. The van der Waals surface area contributed by atoms with Gasteiger partial charge in [-0.1, -0.05) is 13.3 Å². The highest BCUT2D eigenvalue weighted by Gasteiger charge is 2.24. The third-order valence-corrected chi connectivity index (χ3v) is 3.71. The molecule has 0 aromatic heterocycles. The Morgan fingerprint density at radius 1 is 1.36 bits per heavy atom. The zero-order valence-electron chi connectivity index (χ0n) is 9.47. The molecule has 0 saturated carbocycles. The van der Waals surface area contributed by atoms with Gasteiger partial charge in [-0.25, -0.2) is 0 Å². The standard InChI is InChI=1S/C12H24N2/c1-2-4-11-6-8-14(9-11)10-12-5-3-7-13-12/h11-13H,2-10H2,1H3. The van der Waals surface area contributed by atoms with E-state index in [0.717, 1.165) is 12.0 Å². The maximum atomic E-state index is 3.59. The third-order valence-electron chi connectivity index (χ3n) is 3.71. The number of hydrogen-bond acceptors (Lipinski definition) is 2. The molecule has 14 heavy (non-hydrogen) atoms. The Balaban J connectivity index is 1.67.